The predicted octanol–water partition coefficient (Wildman–Crippen LogP) is 2.72. The summed E-state index contributed by atoms with van der Waals surface area (Å²) in [5, 5.41) is 3.16. The Hall–Kier alpha value is -1.20. The summed E-state index contributed by atoms with van der Waals surface area (Å²) >= 11 is 1.69. The highest BCUT2D eigenvalue weighted by molar-refractivity contribution is 7.99. The number of thioether (sulfide) groups is 1. The van der Waals surface area contributed by atoms with Crippen molar-refractivity contribution in [3.63, 3.8) is 0 Å². The van der Waals surface area contributed by atoms with Crippen LogP contribution in [0.5, 0.6) is 5.75 Å². The summed E-state index contributed by atoms with van der Waals surface area (Å²) < 4.78 is 10.4. The Labute approximate surface area is 125 Å². The van der Waals surface area contributed by atoms with Crippen LogP contribution in [0.15, 0.2) is 29.2 Å². The van der Waals surface area contributed by atoms with Crippen LogP contribution in [0, 0.1) is 0 Å². The number of ether oxygens (including phenoxy) is 2. The van der Waals surface area contributed by atoms with Gasteiger partial charge < -0.3 is 14.8 Å². The minimum Gasteiger partial charge on any atom is -0.496 e. The maximum Gasteiger partial charge on any atom is 0.323 e. The molecule has 0 amide bonds. The Balaban J connectivity index is 2.49. The SMILES string of the molecule is CCNC(CCSc1ccccc1OC)C(=O)OCC. The number of carbonyl (C=O) groups excluding carboxylic acids is 1. The van der Waals surface area contributed by atoms with E-state index in [9.17, 15) is 4.79 Å². The van der Waals surface area contributed by atoms with E-state index in [2.05, 4.69) is 5.32 Å². The number of para-hydroxylation sites is 1. The normalized spacial score (nSPS) is 11.9. The van der Waals surface area contributed by atoms with E-state index in [4.69, 9.17) is 9.47 Å². The van der Waals surface area contributed by atoms with Crippen molar-refractivity contribution in [3.05, 3.63) is 24.3 Å². The highest BCUT2D eigenvalue weighted by atomic mass is 32.2. The third kappa shape index (κ3) is 5.43. The zero-order valence-electron chi connectivity index (χ0n) is 12.3. The second kappa shape index (κ2) is 9.66. The second-order valence-corrected chi connectivity index (χ2v) is 5.29. The first-order chi connectivity index (χ1) is 9.72. The smallest absolute Gasteiger partial charge is 0.323 e. The zero-order valence-corrected chi connectivity index (χ0v) is 13.2. The number of rotatable bonds is 9. The first-order valence-corrected chi connectivity index (χ1v) is 7.87. The number of benzene rings is 1. The molecule has 0 aliphatic rings. The predicted molar refractivity (Wildman–Crippen MR) is 82.4 cm³/mol. The van der Waals surface area contributed by atoms with Crippen LogP contribution < -0.4 is 10.1 Å². The molecule has 0 radical (unpaired) electrons. The van der Waals surface area contributed by atoms with E-state index in [0.717, 1.165) is 29.4 Å². The van der Waals surface area contributed by atoms with Crippen LogP contribution in [0.4, 0.5) is 0 Å². The maximum atomic E-state index is 11.8. The van der Waals surface area contributed by atoms with Crippen LogP contribution in [0.25, 0.3) is 0 Å². The minimum absolute atomic E-state index is 0.171. The number of hydrogen-bond donors (Lipinski definition) is 1. The highest BCUT2D eigenvalue weighted by Gasteiger charge is 2.18. The maximum absolute atomic E-state index is 11.8. The van der Waals surface area contributed by atoms with Gasteiger partial charge in [-0.25, -0.2) is 0 Å². The van der Waals surface area contributed by atoms with Gasteiger partial charge in [0.05, 0.1) is 13.7 Å². The molecule has 0 heterocycles. The first-order valence-electron chi connectivity index (χ1n) is 6.88. The van der Waals surface area contributed by atoms with Crippen LogP contribution in [0.1, 0.15) is 20.3 Å². The summed E-state index contributed by atoms with van der Waals surface area (Å²) in [6.45, 7) is 4.98. The van der Waals surface area contributed by atoms with Crippen LogP contribution in [-0.4, -0.2) is 38.0 Å². The van der Waals surface area contributed by atoms with Gasteiger partial charge in [0.25, 0.3) is 0 Å². The van der Waals surface area contributed by atoms with Gasteiger partial charge in [-0.15, -0.1) is 11.8 Å². The summed E-state index contributed by atoms with van der Waals surface area (Å²) in [5.41, 5.74) is 0. The topological polar surface area (TPSA) is 47.6 Å². The Morgan fingerprint density at radius 3 is 2.75 bits per heavy atom. The molecule has 5 heteroatoms. The molecule has 1 rings (SSSR count). The van der Waals surface area contributed by atoms with E-state index in [0.29, 0.717) is 6.61 Å². The lowest BCUT2D eigenvalue weighted by molar-refractivity contribution is -0.145. The van der Waals surface area contributed by atoms with E-state index < -0.39 is 0 Å². The van der Waals surface area contributed by atoms with Gasteiger partial charge in [0.15, 0.2) is 0 Å². The first kappa shape index (κ1) is 16.9. The monoisotopic (exact) mass is 297 g/mol. The lowest BCUT2D eigenvalue weighted by atomic mass is 10.2. The van der Waals surface area contributed by atoms with Gasteiger partial charge in [-0.1, -0.05) is 19.1 Å². The lowest BCUT2D eigenvalue weighted by Gasteiger charge is -2.16. The van der Waals surface area contributed by atoms with E-state index in [1.54, 1.807) is 18.9 Å². The molecule has 0 saturated heterocycles. The van der Waals surface area contributed by atoms with Crippen molar-refractivity contribution in [2.45, 2.75) is 31.2 Å². The van der Waals surface area contributed by atoms with Gasteiger partial charge >= 0.3 is 5.97 Å². The van der Waals surface area contributed by atoms with E-state index in [1.165, 1.54) is 0 Å². The molecule has 1 atom stereocenters. The van der Waals surface area contributed by atoms with Crippen molar-refractivity contribution in [3.8, 4) is 5.75 Å². The molecular weight excluding hydrogens is 274 g/mol. The summed E-state index contributed by atoms with van der Waals surface area (Å²) in [6, 6.07) is 7.66. The molecule has 0 saturated carbocycles. The summed E-state index contributed by atoms with van der Waals surface area (Å²) in [5.74, 6) is 1.53. The Kier molecular flexibility index (Phi) is 8.14. The van der Waals surface area contributed by atoms with Crippen molar-refractivity contribution in [2.24, 2.45) is 0 Å². The molecule has 1 unspecified atom stereocenters. The van der Waals surface area contributed by atoms with Crippen LogP contribution >= 0.6 is 11.8 Å². The van der Waals surface area contributed by atoms with Gasteiger partial charge in [-0.05, 0) is 32.0 Å². The van der Waals surface area contributed by atoms with E-state index in [-0.39, 0.29) is 12.0 Å². The molecule has 0 bridgehead atoms. The fourth-order valence-electron chi connectivity index (χ4n) is 1.82. The third-order valence-corrected chi connectivity index (χ3v) is 3.84. The molecule has 0 aromatic heterocycles. The molecule has 1 aromatic carbocycles. The van der Waals surface area contributed by atoms with Crippen LogP contribution in [-0.2, 0) is 9.53 Å². The summed E-state index contributed by atoms with van der Waals surface area (Å²) in [7, 11) is 1.67. The molecule has 112 valence electrons. The molecule has 0 fully saturated rings. The number of esters is 1. The largest absolute Gasteiger partial charge is 0.496 e. The molecule has 4 nitrogen and oxygen atoms in total. The van der Waals surface area contributed by atoms with Crippen molar-refractivity contribution in [2.75, 3.05) is 26.0 Å². The second-order valence-electron chi connectivity index (χ2n) is 4.15. The van der Waals surface area contributed by atoms with Crippen molar-refractivity contribution in [1.82, 2.24) is 5.32 Å². The molecule has 1 N–H and O–H groups in total. The van der Waals surface area contributed by atoms with Gasteiger partial charge in [0, 0.05) is 10.6 Å². The summed E-state index contributed by atoms with van der Waals surface area (Å²) in [4.78, 5) is 12.9. The van der Waals surface area contributed by atoms with Gasteiger partial charge in [0.2, 0.25) is 0 Å². The van der Waals surface area contributed by atoms with Gasteiger partial charge in [0.1, 0.15) is 11.8 Å². The molecule has 0 aliphatic heterocycles. The minimum atomic E-state index is -0.234. The fourth-order valence-corrected chi connectivity index (χ4v) is 2.86. The van der Waals surface area contributed by atoms with Crippen molar-refractivity contribution < 1.29 is 14.3 Å². The third-order valence-electron chi connectivity index (χ3n) is 2.75. The van der Waals surface area contributed by atoms with Crippen LogP contribution in [0.2, 0.25) is 0 Å². The number of nitrogens with one attached hydrogen (secondary N) is 1. The molecule has 20 heavy (non-hydrogen) atoms. The molecule has 1 aromatic rings. The number of hydrogen-bond acceptors (Lipinski definition) is 5. The standard InChI is InChI=1S/C15H23NO3S/c1-4-16-12(15(17)19-5-2)10-11-20-14-9-7-6-8-13(14)18-3/h6-9,12,16H,4-5,10-11H2,1-3H3. The molecule has 0 spiro atoms. The average Bonchev–Trinajstić information content (AvgIpc) is 2.47. The van der Waals surface area contributed by atoms with E-state index >= 15 is 0 Å². The highest BCUT2D eigenvalue weighted by Crippen LogP contribution is 2.29. The lowest BCUT2D eigenvalue weighted by Crippen LogP contribution is -2.38. The van der Waals surface area contributed by atoms with E-state index in [1.807, 2.05) is 38.1 Å². The van der Waals surface area contributed by atoms with Crippen molar-refractivity contribution >= 4 is 17.7 Å². The number of methoxy groups -OCH3 is 1. The zero-order chi connectivity index (χ0) is 14.8. The molecular formula is C15H23NO3S. The number of carbonyl (C=O) groups is 1. The Morgan fingerprint density at radius 1 is 1.35 bits per heavy atom. The van der Waals surface area contributed by atoms with Crippen molar-refractivity contribution in [1.29, 1.82) is 0 Å². The van der Waals surface area contributed by atoms with Gasteiger partial charge in [-0.2, -0.15) is 0 Å². The Bertz CT molecular complexity index is 412. The van der Waals surface area contributed by atoms with Gasteiger partial charge in [-0.3, -0.25) is 4.79 Å². The summed E-state index contributed by atoms with van der Waals surface area (Å²) in [6.07, 6.45) is 0.732. The number of likely N-dealkylation sites (N-methyl/N-ethyl adjacent to an activating group) is 1. The molecule has 0 aliphatic carbocycles. The average molecular weight is 297 g/mol. The quantitative estimate of drug-likeness (QED) is 0.561. The fraction of sp³-hybridized carbons (Fsp3) is 0.533. The van der Waals surface area contributed by atoms with Crippen LogP contribution in [0.3, 0.4) is 0 Å². The Morgan fingerprint density at radius 2 is 2.10 bits per heavy atom.